The maximum Gasteiger partial charge on any atom is 0.233 e. The molecule has 1 aliphatic rings. The highest BCUT2D eigenvalue weighted by atomic mass is 79.9. The maximum atomic E-state index is 13.4. The lowest BCUT2D eigenvalue weighted by Gasteiger charge is -2.25. The van der Waals surface area contributed by atoms with Gasteiger partial charge in [-0.3, -0.25) is 0 Å². The SMILES string of the molecule is NC1CCOCC1c1nc(-c2cc(F)cc(Br)c2)no1. The minimum Gasteiger partial charge on any atom is -0.381 e. The Balaban J connectivity index is 1.89. The van der Waals surface area contributed by atoms with Gasteiger partial charge in [0, 0.05) is 22.7 Å². The molecule has 2 aromatic rings. The topological polar surface area (TPSA) is 74.2 Å². The minimum atomic E-state index is -0.363. The molecule has 0 saturated carbocycles. The molecule has 3 rings (SSSR count). The molecule has 5 nitrogen and oxygen atoms in total. The normalized spacial score (nSPS) is 22.9. The van der Waals surface area contributed by atoms with E-state index in [2.05, 4.69) is 26.1 Å². The van der Waals surface area contributed by atoms with Crippen LogP contribution in [0.2, 0.25) is 0 Å². The summed E-state index contributed by atoms with van der Waals surface area (Å²) in [5, 5.41) is 3.89. The van der Waals surface area contributed by atoms with Gasteiger partial charge in [0.15, 0.2) is 0 Å². The van der Waals surface area contributed by atoms with E-state index in [1.165, 1.54) is 12.1 Å². The zero-order valence-corrected chi connectivity index (χ0v) is 12.1. The zero-order valence-electron chi connectivity index (χ0n) is 10.6. The molecule has 20 heavy (non-hydrogen) atoms. The number of benzene rings is 1. The molecule has 106 valence electrons. The summed E-state index contributed by atoms with van der Waals surface area (Å²) < 4.78 is 24.6. The van der Waals surface area contributed by atoms with Gasteiger partial charge in [-0.2, -0.15) is 4.98 Å². The molecule has 0 bridgehead atoms. The second-order valence-electron chi connectivity index (χ2n) is 4.75. The molecule has 0 amide bonds. The summed E-state index contributed by atoms with van der Waals surface area (Å²) in [6, 6.07) is 4.40. The third-order valence-corrected chi connectivity index (χ3v) is 3.75. The summed E-state index contributed by atoms with van der Waals surface area (Å²) in [5.74, 6) is 0.311. The van der Waals surface area contributed by atoms with E-state index in [-0.39, 0.29) is 17.8 Å². The number of halogens is 2. The van der Waals surface area contributed by atoms with Gasteiger partial charge < -0.3 is 15.0 Å². The molecule has 0 radical (unpaired) electrons. The number of nitrogens with zero attached hydrogens (tertiary/aromatic N) is 2. The molecule has 1 saturated heterocycles. The fourth-order valence-corrected chi connectivity index (χ4v) is 2.66. The Kier molecular flexibility index (Phi) is 3.82. The van der Waals surface area contributed by atoms with Gasteiger partial charge >= 0.3 is 0 Å². The number of hydrogen-bond acceptors (Lipinski definition) is 5. The molecular formula is C13H13BrFN3O2. The van der Waals surface area contributed by atoms with Crippen LogP contribution in [0.3, 0.4) is 0 Å². The van der Waals surface area contributed by atoms with Crippen LogP contribution < -0.4 is 5.73 Å². The van der Waals surface area contributed by atoms with E-state index in [0.717, 1.165) is 6.42 Å². The Morgan fingerprint density at radius 3 is 2.95 bits per heavy atom. The number of aromatic nitrogens is 2. The van der Waals surface area contributed by atoms with Gasteiger partial charge in [0.25, 0.3) is 0 Å². The molecular weight excluding hydrogens is 329 g/mol. The van der Waals surface area contributed by atoms with Gasteiger partial charge in [-0.1, -0.05) is 21.1 Å². The second-order valence-corrected chi connectivity index (χ2v) is 5.66. The molecule has 1 aromatic carbocycles. The highest BCUT2D eigenvalue weighted by Crippen LogP contribution is 2.27. The van der Waals surface area contributed by atoms with Crippen LogP contribution in [0.25, 0.3) is 11.4 Å². The van der Waals surface area contributed by atoms with Crippen molar-refractivity contribution in [3.8, 4) is 11.4 Å². The summed E-state index contributed by atoms with van der Waals surface area (Å²) >= 11 is 3.24. The number of ether oxygens (including phenoxy) is 1. The molecule has 2 unspecified atom stereocenters. The quantitative estimate of drug-likeness (QED) is 0.908. The van der Waals surface area contributed by atoms with Gasteiger partial charge in [-0.15, -0.1) is 0 Å². The smallest absolute Gasteiger partial charge is 0.233 e. The van der Waals surface area contributed by atoms with E-state index in [1.807, 2.05) is 0 Å². The van der Waals surface area contributed by atoms with E-state index in [1.54, 1.807) is 6.07 Å². The van der Waals surface area contributed by atoms with Crippen LogP contribution >= 0.6 is 15.9 Å². The summed E-state index contributed by atoms with van der Waals surface area (Å²) in [5.41, 5.74) is 6.58. The first-order valence-electron chi connectivity index (χ1n) is 6.27. The minimum absolute atomic E-state index is 0.0590. The summed E-state index contributed by atoms with van der Waals surface area (Å²) in [4.78, 5) is 4.31. The van der Waals surface area contributed by atoms with Crippen molar-refractivity contribution in [1.82, 2.24) is 10.1 Å². The van der Waals surface area contributed by atoms with Crippen molar-refractivity contribution in [2.75, 3.05) is 13.2 Å². The first-order chi connectivity index (χ1) is 9.63. The predicted octanol–water partition coefficient (Wildman–Crippen LogP) is 2.47. The summed E-state index contributed by atoms with van der Waals surface area (Å²) in [6.07, 6.45) is 0.758. The third-order valence-electron chi connectivity index (χ3n) is 3.29. The predicted molar refractivity (Wildman–Crippen MR) is 73.5 cm³/mol. The maximum absolute atomic E-state index is 13.4. The van der Waals surface area contributed by atoms with Gasteiger partial charge in [-0.05, 0) is 24.6 Å². The van der Waals surface area contributed by atoms with Crippen molar-refractivity contribution in [1.29, 1.82) is 0 Å². The van der Waals surface area contributed by atoms with Crippen molar-refractivity contribution < 1.29 is 13.7 Å². The number of rotatable bonds is 2. The first kappa shape index (κ1) is 13.7. The van der Waals surface area contributed by atoms with Crippen LogP contribution in [-0.4, -0.2) is 29.4 Å². The van der Waals surface area contributed by atoms with Crippen LogP contribution in [0.1, 0.15) is 18.2 Å². The van der Waals surface area contributed by atoms with Gasteiger partial charge in [0.1, 0.15) is 5.82 Å². The van der Waals surface area contributed by atoms with E-state index in [9.17, 15) is 4.39 Å². The first-order valence-corrected chi connectivity index (χ1v) is 7.06. The fourth-order valence-electron chi connectivity index (χ4n) is 2.19. The molecule has 1 aliphatic heterocycles. The lowest BCUT2D eigenvalue weighted by atomic mass is 9.97. The molecule has 1 fully saturated rings. The third kappa shape index (κ3) is 2.74. The van der Waals surface area contributed by atoms with Gasteiger partial charge in [0.2, 0.25) is 11.7 Å². The second kappa shape index (κ2) is 5.59. The molecule has 0 aliphatic carbocycles. The molecule has 1 aromatic heterocycles. The van der Waals surface area contributed by atoms with Crippen LogP contribution in [-0.2, 0) is 4.74 Å². The Morgan fingerprint density at radius 1 is 1.35 bits per heavy atom. The fraction of sp³-hybridized carbons (Fsp3) is 0.385. The Bertz CT molecular complexity index is 599. The molecule has 2 N–H and O–H groups in total. The monoisotopic (exact) mass is 341 g/mol. The Labute approximate surface area is 123 Å². The molecule has 0 spiro atoms. The van der Waals surface area contributed by atoms with E-state index in [0.29, 0.717) is 35.0 Å². The van der Waals surface area contributed by atoms with E-state index in [4.69, 9.17) is 15.0 Å². The number of nitrogens with two attached hydrogens (primary N) is 1. The van der Waals surface area contributed by atoms with E-state index < -0.39 is 0 Å². The van der Waals surface area contributed by atoms with Gasteiger partial charge in [0.05, 0.1) is 12.5 Å². The molecule has 7 heteroatoms. The number of hydrogen-bond donors (Lipinski definition) is 1. The lowest BCUT2D eigenvalue weighted by Crippen LogP contribution is -2.37. The standard InChI is InChI=1S/C13H13BrFN3O2/c14-8-3-7(4-9(15)5-8)12-17-13(20-18-12)10-6-19-2-1-11(10)16/h3-5,10-11H,1-2,6,16H2. The van der Waals surface area contributed by atoms with Crippen LogP contribution in [0.4, 0.5) is 4.39 Å². The van der Waals surface area contributed by atoms with Crippen molar-refractivity contribution in [2.24, 2.45) is 5.73 Å². The average Bonchev–Trinajstić information content (AvgIpc) is 2.87. The van der Waals surface area contributed by atoms with Crippen LogP contribution in [0, 0.1) is 5.82 Å². The van der Waals surface area contributed by atoms with Crippen molar-refractivity contribution in [3.63, 3.8) is 0 Å². The largest absolute Gasteiger partial charge is 0.381 e. The highest BCUT2D eigenvalue weighted by Gasteiger charge is 2.29. The highest BCUT2D eigenvalue weighted by molar-refractivity contribution is 9.10. The molecule has 2 atom stereocenters. The Morgan fingerprint density at radius 2 is 2.20 bits per heavy atom. The summed E-state index contributed by atoms with van der Waals surface area (Å²) in [7, 11) is 0. The Hall–Kier alpha value is -1.31. The van der Waals surface area contributed by atoms with E-state index >= 15 is 0 Å². The van der Waals surface area contributed by atoms with Crippen molar-refractivity contribution >= 4 is 15.9 Å². The summed E-state index contributed by atoms with van der Waals surface area (Å²) in [6.45, 7) is 1.12. The average molecular weight is 342 g/mol. The molecule has 2 heterocycles. The van der Waals surface area contributed by atoms with Crippen molar-refractivity contribution in [3.05, 3.63) is 34.4 Å². The van der Waals surface area contributed by atoms with Gasteiger partial charge in [-0.25, -0.2) is 4.39 Å². The lowest BCUT2D eigenvalue weighted by molar-refractivity contribution is 0.0590. The zero-order chi connectivity index (χ0) is 14.1. The van der Waals surface area contributed by atoms with Crippen LogP contribution in [0.5, 0.6) is 0 Å². The van der Waals surface area contributed by atoms with Crippen LogP contribution in [0.15, 0.2) is 27.2 Å². The van der Waals surface area contributed by atoms with Crippen molar-refractivity contribution in [2.45, 2.75) is 18.4 Å².